The third-order valence-electron chi connectivity index (χ3n) is 5.62. The van der Waals surface area contributed by atoms with E-state index in [9.17, 15) is 9.59 Å². The van der Waals surface area contributed by atoms with Crippen molar-refractivity contribution in [1.82, 2.24) is 20.4 Å². The van der Waals surface area contributed by atoms with Gasteiger partial charge in [-0.1, -0.05) is 31.2 Å². The van der Waals surface area contributed by atoms with Crippen LogP contribution in [-0.4, -0.2) is 59.4 Å². The van der Waals surface area contributed by atoms with Crippen LogP contribution >= 0.6 is 24.0 Å². The molecule has 1 aromatic rings. The van der Waals surface area contributed by atoms with Crippen LogP contribution in [0.2, 0.25) is 0 Å². The molecule has 1 atom stereocenters. The van der Waals surface area contributed by atoms with Gasteiger partial charge in [-0.15, -0.1) is 24.0 Å². The van der Waals surface area contributed by atoms with Gasteiger partial charge in [0.1, 0.15) is 5.54 Å². The standard InChI is InChI=1S/C21H31N5O2.HI/c1-4-21(3)18(27)26(20(28)24-21)13-8-12-23-19(22-5-2)25-14-11-16-9-6-7-10-17(16)15-25;/h6-7,9-10H,4-5,8,11-15H2,1-3H3,(H,22,23)(H,24,28);1H. The molecule has 160 valence electrons. The van der Waals surface area contributed by atoms with Gasteiger partial charge in [0.15, 0.2) is 5.96 Å². The number of aliphatic imine (C=N–C) groups is 1. The highest BCUT2D eigenvalue weighted by Crippen LogP contribution is 2.21. The lowest BCUT2D eigenvalue weighted by molar-refractivity contribution is -0.130. The van der Waals surface area contributed by atoms with Crippen molar-refractivity contribution < 1.29 is 9.59 Å². The number of hydrogen-bond acceptors (Lipinski definition) is 3. The van der Waals surface area contributed by atoms with E-state index in [-0.39, 0.29) is 35.9 Å². The molecule has 1 saturated heterocycles. The Labute approximate surface area is 190 Å². The molecule has 1 unspecified atom stereocenters. The van der Waals surface area contributed by atoms with Crippen LogP contribution in [0.4, 0.5) is 4.79 Å². The van der Waals surface area contributed by atoms with Crippen LogP contribution in [0.15, 0.2) is 29.3 Å². The quantitative estimate of drug-likeness (QED) is 0.202. The van der Waals surface area contributed by atoms with Gasteiger partial charge in [0.25, 0.3) is 5.91 Å². The molecule has 1 fully saturated rings. The molecule has 2 aliphatic rings. The number of amides is 3. The minimum absolute atomic E-state index is 0. The van der Waals surface area contributed by atoms with Crippen molar-refractivity contribution in [2.75, 3.05) is 26.2 Å². The SMILES string of the molecule is CCNC(=NCCCN1C(=O)NC(C)(CC)C1=O)N1CCc2ccccc2C1.I. The molecule has 0 bridgehead atoms. The summed E-state index contributed by atoms with van der Waals surface area (Å²) in [6, 6.07) is 8.24. The maximum Gasteiger partial charge on any atom is 0.325 e. The van der Waals surface area contributed by atoms with Crippen LogP contribution in [0, 0.1) is 0 Å². The predicted octanol–water partition coefficient (Wildman–Crippen LogP) is 2.74. The van der Waals surface area contributed by atoms with Crippen LogP contribution in [0.5, 0.6) is 0 Å². The predicted molar refractivity (Wildman–Crippen MR) is 126 cm³/mol. The topological polar surface area (TPSA) is 77.0 Å². The Morgan fingerprint density at radius 2 is 1.97 bits per heavy atom. The molecular weight excluding hydrogens is 481 g/mol. The first-order valence-corrected chi connectivity index (χ1v) is 10.2. The first-order chi connectivity index (χ1) is 13.5. The molecule has 0 saturated carbocycles. The van der Waals surface area contributed by atoms with Gasteiger partial charge in [0.05, 0.1) is 0 Å². The van der Waals surface area contributed by atoms with Gasteiger partial charge < -0.3 is 15.5 Å². The number of nitrogens with one attached hydrogen (secondary N) is 2. The summed E-state index contributed by atoms with van der Waals surface area (Å²) in [5, 5.41) is 6.16. The van der Waals surface area contributed by atoms with Crippen molar-refractivity contribution in [3.05, 3.63) is 35.4 Å². The third-order valence-corrected chi connectivity index (χ3v) is 5.62. The normalized spacial score (nSPS) is 21.6. The Bertz CT molecular complexity index is 769. The van der Waals surface area contributed by atoms with Gasteiger partial charge >= 0.3 is 6.03 Å². The van der Waals surface area contributed by atoms with Crippen molar-refractivity contribution in [3.63, 3.8) is 0 Å². The highest BCUT2D eigenvalue weighted by atomic mass is 127. The number of urea groups is 1. The van der Waals surface area contributed by atoms with Gasteiger partial charge in [-0.2, -0.15) is 0 Å². The second-order valence-corrected chi connectivity index (χ2v) is 7.60. The van der Waals surface area contributed by atoms with E-state index in [1.54, 1.807) is 6.92 Å². The first-order valence-electron chi connectivity index (χ1n) is 10.2. The minimum Gasteiger partial charge on any atom is -0.357 e. The van der Waals surface area contributed by atoms with Crippen molar-refractivity contribution in [2.45, 2.75) is 52.1 Å². The number of imide groups is 1. The molecule has 1 aromatic carbocycles. The lowest BCUT2D eigenvalue weighted by Gasteiger charge is -2.31. The Morgan fingerprint density at radius 1 is 1.24 bits per heavy atom. The fourth-order valence-corrected chi connectivity index (χ4v) is 3.71. The van der Waals surface area contributed by atoms with E-state index >= 15 is 0 Å². The van der Waals surface area contributed by atoms with E-state index in [0.29, 0.717) is 25.9 Å². The fraction of sp³-hybridized carbons (Fsp3) is 0.571. The van der Waals surface area contributed by atoms with Crippen LogP contribution < -0.4 is 10.6 Å². The highest BCUT2D eigenvalue weighted by molar-refractivity contribution is 14.0. The van der Waals surface area contributed by atoms with Crippen LogP contribution in [0.1, 0.15) is 44.7 Å². The first kappa shape index (κ1) is 23.4. The number of carbonyl (C=O) groups is 2. The molecule has 7 nitrogen and oxygen atoms in total. The Balaban J connectivity index is 0.00000300. The lowest BCUT2D eigenvalue weighted by Crippen LogP contribution is -2.44. The van der Waals surface area contributed by atoms with E-state index in [1.165, 1.54) is 16.0 Å². The number of carbonyl (C=O) groups excluding carboxylic acids is 2. The summed E-state index contributed by atoms with van der Waals surface area (Å²) < 4.78 is 0. The molecule has 8 heteroatoms. The zero-order valence-corrected chi connectivity index (χ0v) is 19.9. The monoisotopic (exact) mass is 513 g/mol. The molecule has 0 aromatic heterocycles. The van der Waals surface area contributed by atoms with Gasteiger partial charge in [-0.3, -0.25) is 14.7 Å². The summed E-state index contributed by atoms with van der Waals surface area (Å²) in [5.41, 5.74) is 1.99. The Morgan fingerprint density at radius 3 is 2.62 bits per heavy atom. The van der Waals surface area contributed by atoms with Crippen molar-refractivity contribution in [3.8, 4) is 0 Å². The van der Waals surface area contributed by atoms with Gasteiger partial charge in [-0.05, 0) is 44.2 Å². The molecule has 3 amide bonds. The summed E-state index contributed by atoms with van der Waals surface area (Å²) in [6.07, 6.45) is 2.25. The molecule has 3 rings (SSSR count). The fourth-order valence-electron chi connectivity index (χ4n) is 3.71. The van der Waals surface area contributed by atoms with Crippen LogP contribution in [0.25, 0.3) is 0 Å². The maximum absolute atomic E-state index is 12.4. The largest absolute Gasteiger partial charge is 0.357 e. The smallest absolute Gasteiger partial charge is 0.325 e. The zero-order valence-electron chi connectivity index (χ0n) is 17.5. The van der Waals surface area contributed by atoms with E-state index in [4.69, 9.17) is 4.99 Å². The number of fused-ring (bicyclic) bond motifs is 1. The second-order valence-electron chi connectivity index (χ2n) is 7.60. The molecule has 0 spiro atoms. The average Bonchev–Trinajstić information content (AvgIpc) is 2.93. The zero-order chi connectivity index (χ0) is 20.1. The molecule has 2 heterocycles. The number of guanidine groups is 1. The van der Waals surface area contributed by atoms with Crippen molar-refractivity contribution in [1.29, 1.82) is 0 Å². The van der Waals surface area contributed by atoms with Crippen molar-refractivity contribution in [2.24, 2.45) is 4.99 Å². The summed E-state index contributed by atoms with van der Waals surface area (Å²) >= 11 is 0. The van der Waals surface area contributed by atoms with Gasteiger partial charge in [0, 0.05) is 32.7 Å². The number of nitrogens with zero attached hydrogens (tertiary/aromatic N) is 3. The van der Waals surface area contributed by atoms with Crippen LogP contribution in [-0.2, 0) is 17.8 Å². The number of hydrogen-bond donors (Lipinski definition) is 2. The maximum atomic E-state index is 12.4. The molecular formula is C21H32IN5O2. The summed E-state index contributed by atoms with van der Waals surface area (Å²) in [4.78, 5) is 32.9. The lowest BCUT2D eigenvalue weighted by atomic mass is 9.99. The molecule has 29 heavy (non-hydrogen) atoms. The number of halogens is 1. The van der Waals surface area contributed by atoms with E-state index in [2.05, 4.69) is 46.7 Å². The number of benzene rings is 1. The second kappa shape index (κ2) is 10.3. The molecule has 0 aliphatic carbocycles. The number of rotatable bonds is 6. The third kappa shape index (κ3) is 5.21. The van der Waals surface area contributed by atoms with Crippen LogP contribution in [0.3, 0.4) is 0 Å². The van der Waals surface area contributed by atoms with E-state index in [1.807, 2.05) is 6.92 Å². The van der Waals surface area contributed by atoms with E-state index in [0.717, 1.165) is 32.0 Å². The summed E-state index contributed by atoms with van der Waals surface area (Å²) in [6.45, 7) is 9.31. The molecule has 0 radical (unpaired) electrons. The Hall–Kier alpha value is -1.84. The van der Waals surface area contributed by atoms with Crippen molar-refractivity contribution >= 4 is 41.9 Å². The molecule has 2 aliphatic heterocycles. The molecule has 2 N–H and O–H groups in total. The van der Waals surface area contributed by atoms with Gasteiger partial charge in [-0.25, -0.2) is 4.79 Å². The Kier molecular flexibility index (Phi) is 8.30. The minimum atomic E-state index is -0.767. The van der Waals surface area contributed by atoms with Gasteiger partial charge in [0.2, 0.25) is 0 Å². The highest BCUT2D eigenvalue weighted by Gasteiger charge is 2.45. The average molecular weight is 513 g/mol. The summed E-state index contributed by atoms with van der Waals surface area (Å²) in [7, 11) is 0. The van der Waals surface area contributed by atoms with E-state index < -0.39 is 5.54 Å². The summed E-state index contributed by atoms with van der Waals surface area (Å²) in [5.74, 6) is 0.760.